The molecule has 7 heteroatoms. The number of hydrogen-bond donors (Lipinski definition) is 2. The molecule has 4 atom stereocenters. The minimum absolute atomic E-state index is 0.0642. The summed E-state index contributed by atoms with van der Waals surface area (Å²) in [5.41, 5.74) is 1.04. The number of aliphatic hydroxyl groups is 1. The zero-order valence-electron chi connectivity index (χ0n) is 11.9. The molecule has 0 amide bonds. The number of aliphatic hydroxyl groups excluding tert-OH is 1. The minimum atomic E-state index is -3.51. The van der Waals surface area contributed by atoms with Crippen molar-refractivity contribution in [2.45, 2.75) is 52.9 Å². The molecule has 0 radical (unpaired) electrons. The van der Waals surface area contributed by atoms with Gasteiger partial charge in [0.05, 0.1) is 0 Å². The van der Waals surface area contributed by atoms with Crippen LogP contribution in [0.3, 0.4) is 0 Å². The summed E-state index contributed by atoms with van der Waals surface area (Å²) >= 11 is 0.938. The van der Waals surface area contributed by atoms with Gasteiger partial charge in [-0.05, 0) is 0 Å². The van der Waals surface area contributed by atoms with Crippen LogP contribution in [0.1, 0.15) is 25.3 Å². The average molecular weight is 439 g/mol. The molecule has 116 valence electrons. The number of hydrogen-bond acceptors (Lipinski definition) is 3. The van der Waals surface area contributed by atoms with Crippen molar-refractivity contribution in [2.75, 3.05) is 0 Å². The molecule has 0 unspecified atom stereocenters. The summed E-state index contributed by atoms with van der Waals surface area (Å²) in [7, 11) is -3.51. The Bertz CT molecular complexity index is 634. The SMILES string of the molecule is Cc1ccc(S(=O)(=O)N[C@H]2C[C@@H](O)[C@H]3C[C@]2(C)[Se][Se]3)cc1. The number of sulfonamides is 1. The summed E-state index contributed by atoms with van der Waals surface area (Å²) < 4.78 is 28.0. The number of fused-ring (bicyclic) bond motifs is 2. The third-order valence-corrected chi connectivity index (χ3v) is 17.1. The van der Waals surface area contributed by atoms with E-state index in [9.17, 15) is 13.5 Å². The Labute approximate surface area is 137 Å². The predicted octanol–water partition coefficient (Wildman–Crippen LogP) is 1.10. The van der Waals surface area contributed by atoms with Gasteiger partial charge in [0.1, 0.15) is 0 Å². The van der Waals surface area contributed by atoms with Crippen molar-refractivity contribution in [3.63, 3.8) is 0 Å². The Morgan fingerprint density at radius 2 is 2.00 bits per heavy atom. The van der Waals surface area contributed by atoms with E-state index in [-0.39, 0.29) is 16.5 Å². The maximum absolute atomic E-state index is 12.6. The van der Waals surface area contributed by atoms with Crippen molar-refractivity contribution in [1.82, 2.24) is 4.72 Å². The van der Waals surface area contributed by atoms with Gasteiger partial charge in [0.2, 0.25) is 0 Å². The number of benzene rings is 1. The van der Waals surface area contributed by atoms with Crippen molar-refractivity contribution in [3.8, 4) is 0 Å². The first kappa shape index (κ1) is 16.0. The molecule has 1 aromatic carbocycles. The summed E-state index contributed by atoms with van der Waals surface area (Å²) in [6, 6.07) is 6.77. The Morgan fingerprint density at radius 3 is 2.67 bits per heavy atom. The van der Waals surface area contributed by atoms with Gasteiger partial charge in [-0.15, -0.1) is 0 Å². The molecule has 4 nitrogen and oxygen atoms in total. The second-order valence-corrected chi connectivity index (χ2v) is 15.6. The third kappa shape index (κ3) is 3.11. The predicted molar refractivity (Wildman–Crippen MR) is 84.2 cm³/mol. The van der Waals surface area contributed by atoms with E-state index in [1.165, 1.54) is 0 Å². The summed E-state index contributed by atoms with van der Waals surface area (Å²) in [6.45, 7) is 4.12. The second kappa shape index (κ2) is 5.64. The molecule has 1 aromatic rings. The van der Waals surface area contributed by atoms with Gasteiger partial charge >= 0.3 is 137 Å². The molecule has 1 aliphatic heterocycles. The molecule has 2 fully saturated rings. The van der Waals surface area contributed by atoms with Gasteiger partial charge in [-0.1, -0.05) is 0 Å². The van der Waals surface area contributed by atoms with Gasteiger partial charge in [-0.3, -0.25) is 0 Å². The van der Waals surface area contributed by atoms with Crippen LogP contribution in [-0.2, 0) is 10.0 Å². The quantitative estimate of drug-likeness (QED) is 0.694. The van der Waals surface area contributed by atoms with Gasteiger partial charge < -0.3 is 0 Å². The van der Waals surface area contributed by atoms with Crippen LogP contribution in [0.25, 0.3) is 0 Å². The van der Waals surface area contributed by atoms with Crippen molar-refractivity contribution in [2.24, 2.45) is 0 Å². The van der Waals surface area contributed by atoms with Crippen molar-refractivity contribution < 1.29 is 13.5 Å². The Morgan fingerprint density at radius 1 is 1.33 bits per heavy atom. The molecular formula is C14H19NO3SSe2. The van der Waals surface area contributed by atoms with E-state index in [0.717, 1.165) is 12.0 Å². The molecule has 2 bridgehead atoms. The zero-order chi connectivity index (χ0) is 15.3. The molecule has 2 N–H and O–H groups in total. The molecule has 2 aliphatic rings. The molecule has 1 saturated carbocycles. The fourth-order valence-electron chi connectivity index (χ4n) is 2.83. The van der Waals surface area contributed by atoms with E-state index in [1.54, 1.807) is 12.1 Å². The fourth-order valence-corrected chi connectivity index (χ4v) is 16.0. The summed E-state index contributed by atoms with van der Waals surface area (Å²) in [5.74, 6) is 0. The van der Waals surface area contributed by atoms with Crippen LogP contribution in [0.15, 0.2) is 29.2 Å². The molecular weight excluding hydrogens is 420 g/mol. The molecule has 21 heavy (non-hydrogen) atoms. The van der Waals surface area contributed by atoms with Gasteiger partial charge in [0, 0.05) is 0 Å². The average Bonchev–Trinajstić information content (AvgIpc) is 2.77. The molecule has 1 saturated heterocycles. The molecule has 0 spiro atoms. The second-order valence-electron chi connectivity index (χ2n) is 6.02. The van der Waals surface area contributed by atoms with Crippen molar-refractivity contribution >= 4 is 36.3 Å². The van der Waals surface area contributed by atoms with Crippen LogP contribution >= 0.6 is 0 Å². The molecule has 1 aliphatic carbocycles. The van der Waals surface area contributed by atoms with Crippen molar-refractivity contribution in [1.29, 1.82) is 0 Å². The summed E-state index contributed by atoms with van der Waals surface area (Å²) in [5, 5.41) is 10.2. The number of nitrogens with one attached hydrogen (secondary N) is 1. The van der Waals surface area contributed by atoms with Crippen LogP contribution in [0.5, 0.6) is 0 Å². The van der Waals surface area contributed by atoms with E-state index in [4.69, 9.17) is 0 Å². The van der Waals surface area contributed by atoms with Gasteiger partial charge in [0.25, 0.3) is 0 Å². The van der Waals surface area contributed by atoms with Gasteiger partial charge in [0.15, 0.2) is 0 Å². The van der Waals surface area contributed by atoms with Crippen LogP contribution in [-0.4, -0.2) is 51.9 Å². The van der Waals surface area contributed by atoms with Crippen LogP contribution < -0.4 is 4.72 Å². The standard InChI is InChI=1S/C14H19NO3SSe2/c1-9-3-5-10(6-4-9)19(17,18)15-13-7-11(16)12-8-14(13,2)21-20-12/h3-6,11-13,15-16H,7-8H2,1-2H3/t11-,12-,13+,14+/m1/s1. The van der Waals surface area contributed by atoms with Crippen molar-refractivity contribution in [3.05, 3.63) is 29.8 Å². The van der Waals surface area contributed by atoms with E-state index in [1.807, 2.05) is 19.1 Å². The van der Waals surface area contributed by atoms with Gasteiger partial charge in [-0.2, -0.15) is 0 Å². The van der Waals surface area contributed by atoms with E-state index >= 15 is 0 Å². The van der Waals surface area contributed by atoms with E-state index in [2.05, 4.69) is 11.6 Å². The summed E-state index contributed by atoms with van der Waals surface area (Å²) in [4.78, 5) is 0.743. The monoisotopic (exact) mass is 441 g/mol. The third-order valence-electron chi connectivity index (χ3n) is 4.24. The first-order chi connectivity index (χ1) is 9.80. The van der Waals surface area contributed by atoms with E-state index < -0.39 is 10.0 Å². The molecule has 1 heterocycles. The van der Waals surface area contributed by atoms with Crippen LogP contribution in [0.2, 0.25) is 9.13 Å². The fraction of sp³-hybridized carbons (Fsp3) is 0.571. The number of aryl methyl sites for hydroxylation is 1. The first-order valence-corrected chi connectivity index (χ1v) is 14.6. The van der Waals surface area contributed by atoms with Gasteiger partial charge in [-0.25, -0.2) is 0 Å². The molecule has 3 rings (SSSR count). The molecule has 0 aromatic heterocycles. The Kier molecular flexibility index (Phi) is 4.30. The topological polar surface area (TPSA) is 66.4 Å². The zero-order valence-corrected chi connectivity index (χ0v) is 16.2. The number of rotatable bonds is 3. The first-order valence-electron chi connectivity index (χ1n) is 6.92. The van der Waals surface area contributed by atoms with Crippen LogP contribution in [0, 0.1) is 6.92 Å². The van der Waals surface area contributed by atoms with E-state index in [0.29, 0.717) is 42.4 Å². The maximum atomic E-state index is 12.6. The normalized spacial score (nSPS) is 35.9. The Balaban J connectivity index is 1.83. The van der Waals surface area contributed by atoms with Crippen LogP contribution in [0.4, 0.5) is 0 Å². The summed E-state index contributed by atoms with van der Waals surface area (Å²) in [6.07, 6.45) is 1.18. The Hall–Kier alpha value is 0.129.